The third kappa shape index (κ3) is 4.14. The number of carboxylic acids is 1. The predicted molar refractivity (Wildman–Crippen MR) is 119 cm³/mol. The minimum atomic E-state index is -0.942. The predicted octanol–water partition coefficient (Wildman–Crippen LogP) is 5.70. The van der Waals surface area contributed by atoms with E-state index < -0.39 is 11.6 Å². The summed E-state index contributed by atoms with van der Waals surface area (Å²) in [7, 11) is 0. The molecule has 0 radical (unpaired) electrons. The Kier molecular flexibility index (Phi) is 4.93. The topological polar surface area (TPSA) is 46.5 Å². The van der Waals surface area contributed by atoms with E-state index in [-0.39, 0.29) is 5.56 Å². The second kappa shape index (κ2) is 7.57. The fourth-order valence-electron chi connectivity index (χ4n) is 3.46. The van der Waals surface area contributed by atoms with E-state index in [4.69, 9.17) is 9.84 Å². The Balaban J connectivity index is 1.71. The number of hydrogen-bond acceptors (Lipinski definition) is 2. The minimum absolute atomic E-state index is 0.252. The number of aryl methyl sites for hydroxylation is 1. The van der Waals surface area contributed by atoms with Crippen molar-refractivity contribution < 1.29 is 14.6 Å². The van der Waals surface area contributed by atoms with Crippen molar-refractivity contribution in [3.8, 4) is 17.6 Å². The molecule has 0 unspecified atom stereocenters. The first kappa shape index (κ1) is 19.5. The third-order valence-electron chi connectivity index (χ3n) is 4.98. The maximum atomic E-state index is 11.0. The summed E-state index contributed by atoms with van der Waals surface area (Å²) in [6, 6.07) is 21.0. The van der Waals surface area contributed by atoms with Gasteiger partial charge in [-0.25, -0.2) is 4.79 Å². The van der Waals surface area contributed by atoms with Crippen LogP contribution in [-0.4, -0.2) is 16.7 Å². The number of rotatable bonds is 2. The lowest BCUT2D eigenvalue weighted by Crippen LogP contribution is -2.29. The fraction of sp³-hybridized carbons (Fsp3) is 0.148. The first-order chi connectivity index (χ1) is 14.3. The van der Waals surface area contributed by atoms with Gasteiger partial charge in [0, 0.05) is 16.7 Å². The molecule has 0 fully saturated rings. The van der Waals surface area contributed by atoms with E-state index in [1.165, 1.54) is 5.56 Å². The Hall–Kier alpha value is -3.77. The Morgan fingerprint density at radius 3 is 2.20 bits per heavy atom. The van der Waals surface area contributed by atoms with Crippen molar-refractivity contribution in [1.82, 2.24) is 0 Å². The molecule has 3 aromatic rings. The molecule has 3 aromatic carbocycles. The molecule has 1 heterocycles. The Morgan fingerprint density at radius 2 is 1.53 bits per heavy atom. The van der Waals surface area contributed by atoms with Crippen molar-refractivity contribution in [1.29, 1.82) is 0 Å². The molecule has 0 aliphatic carbocycles. The molecule has 30 heavy (non-hydrogen) atoms. The van der Waals surface area contributed by atoms with Crippen LogP contribution in [0.4, 0.5) is 0 Å². The van der Waals surface area contributed by atoms with Gasteiger partial charge in [0.15, 0.2) is 0 Å². The SMILES string of the molecule is Cc1ccc(C2=CC(C)(C)Oc3ccc(C#Cc4ccc(C(=O)O)cc4)cc32)cc1. The minimum Gasteiger partial charge on any atom is -0.483 e. The van der Waals surface area contributed by atoms with Crippen molar-refractivity contribution in [3.63, 3.8) is 0 Å². The number of fused-ring (bicyclic) bond motifs is 1. The van der Waals surface area contributed by atoms with Crippen molar-refractivity contribution in [3.05, 3.63) is 106 Å². The third-order valence-corrected chi connectivity index (χ3v) is 4.98. The van der Waals surface area contributed by atoms with Gasteiger partial charge in [-0.3, -0.25) is 0 Å². The summed E-state index contributed by atoms with van der Waals surface area (Å²) in [6.07, 6.45) is 2.15. The van der Waals surface area contributed by atoms with Gasteiger partial charge in [0.1, 0.15) is 11.4 Å². The van der Waals surface area contributed by atoms with Crippen LogP contribution in [0.25, 0.3) is 5.57 Å². The van der Waals surface area contributed by atoms with Crippen LogP contribution >= 0.6 is 0 Å². The molecule has 148 valence electrons. The van der Waals surface area contributed by atoms with Gasteiger partial charge < -0.3 is 9.84 Å². The summed E-state index contributed by atoms with van der Waals surface area (Å²) >= 11 is 0. The molecule has 0 amide bonds. The average molecular weight is 394 g/mol. The van der Waals surface area contributed by atoms with E-state index in [1.807, 2.05) is 12.1 Å². The second-order valence-corrected chi connectivity index (χ2v) is 7.97. The van der Waals surface area contributed by atoms with Gasteiger partial charge in [0.2, 0.25) is 0 Å². The van der Waals surface area contributed by atoms with Crippen LogP contribution in [0.5, 0.6) is 5.75 Å². The molecule has 0 spiro atoms. The zero-order valence-electron chi connectivity index (χ0n) is 17.2. The molecule has 3 nitrogen and oxygen atoms in total. The fourth-order valence-corrected chi connectivity index (χ4v) is 3.46. The Bertz CT molecular complexity index is 1200. The number of hydrogen-bond donors (Lipinski definition) is 1. The summed E-state index contributed by atoms with van der Waals surface area (Å²) in [5, 5.41) is 9.01. The van der Waals surface area contributed by atoms with Gasteiger partial charge in [-0.05, 0) is 80.4 Å². The molecule has 4 rings (SSSR count). The quantitative estimate of drug-likeness (QED) is 0.568. The van der Waals surface area contributed by atoms with Gasteiger partial charge in [-0.2, -0.15) is 0 Å². The zero-order valence-corrected chi connectivity index (χ0v) is 17.2. The number of carbonyl (C=O) groups is 1. The first-order valence-corrected chi connectivity index (χ1v) is 9.79. The highest BCUT2D eigenvalue weighted by atomic mass is 16.5. The first-order valence-electron chi connectivity index (χ1n) is 9.79. The van der Waals surface area contributed by atoms with Crippen LogP contribution in [0.15, 0.2) is 72.8 Å². The standard InChI is InChI=1S/C27H22O3/c1-18-4-11-21(12-5-18)24-17-27(2,3)30-25-15-10-20(16-23(24)25)7-6-19-8-13-22(14-9-19)26(28)29/h4-5,8-17H,1-3H3,(H,28,29). The van der Waals surface area contributed by atoms with Crippen molar-refractivity contribution in [2.24, 2.45) is 0 Å². The van der Waals surface area contributed by atoms with E-state index in [2.05, 4.69) is 69.0 Å². The molecule has 0 atom stereocenters. The molecule has 0 saturated heterocycles. The number of ether oxygens (including phenoxy) is 1. The second-order valence-electron chi connectivity index (χ2n) is 7.97. The molecule has 1 N–H and O–H groups in total. The van der Waals surface area contributed by atoms with Crippen molar-refractivity contribution >= 4 is 11.5 Å². The van der Waals surface area contributed by atoms with E-state index in [1.54, 1.807) is 24.3 Å². The highest BCUT2D eigenvalue weighted by Gasteiger charge is 2.27. The summed E-state index contributed by atoms with van der Waals surface area (Å²) in [5.41, 5.74) is 6.02. The summed E-state index contributed by atoms with van der Waals surface area (Å²) < 4.78 is 6.17. The average Bonchev–Trinajstić information content (AvgIpc) is 2.72. The monoisotopic (exact) mass is 394 g/mol. The highest BCUT2D eigenvalue weighted by Crippen LogP contribution is 2.39. The largest absolute Gasteiger partial charge is 0.483 e. The molecule has 1 aliphatic rings. The molecule has 1 aliphatic heterocycles. The summed E-state index contributed by atoms with van der Waals surface area (Å²) in [5.74, 6) is 6.19. The maximum Gasteiger partial charge on any atom is 0.335 e. The van der Waals surface area contributed by atoms with Crippen LogP contribution in [0.2, 0.25) is 0 Å². The number of aromatic carboxylic acids is 1. The van der Waals surface area contributed by atoms with Gasteiger partial charge in [-0.1, -0.05) is 41.7 Å². The zero-order chi connectivity index (χ0) is 21.3. The lowest BCUT2D eigenvalue weighted by Gasteiger charge is -2.31. The lowest BCUT2D eigenvalue weighted by atomic mass is 9.89. The van der Waals surface area contributed by atoms with Gasteiger partial charge >= 0.3 is 5.97 Å². The molecule has 0 aromatic heterocycles. The normalized spacial score (nSPS) is 13.9. The Morgan fingerprint density at radius 1 is 0.900 bits per heavy atom. The lowest BCUT2D eigenvalue weighted by molar-refractivity contribution is 0.0697. The van der Waals surface area contributed by atoms with Crippen LogP contribution in [0, 0.1) is 18.8 Å². The van der Waals surface area contributed by atoms with E-state index in [9.17, 15) is 4.79 Å². The van der Waals surface area contributed by atoms with Gasteiger partial charge in [0.05, 0.1) is 5.56 Å². The number of benzene rings is 3. The maximum absolute atomic E-state index is 11.0. The van der Waals surface area contributed by atoms with Crippen LogP contribution < -0.4 is 4.74 Å². The molecule has 3 heteroatoms. The molecular weight excluding hydrogens is 372 g/mol. The summed E-state index contributed by atoms with van der Waals surface area (Å²) in [6.45, 7) is 6.19. The molecule has 0 saturated carbocycles. The van der Waals surface area contributed by atoms with Gasteiger partial charge in [0.25, 0.3) is 0 Å². The van der Waals surface area contributed by atoms with E-state index in [0.29, 0.717) is 0 Å². The van der Waals surface area contributed by atoms with E-state index >= 15 is 0 Å². The summed E-state index contributed by atoms with van der Waals surface area (Å²) in [4.78, 5) is 11.0. The molecular formula is C27H22O3. The van der Waals surface area contributed by atoms with Crippen molar-refractivity contribution in [2.75, 3.05) is 0 Å². The Labute approximate surface area is 176 Å². The number of carboxylic acid groups (broad SMARTS) is 1. The van der Waals surface area contributed by atoms with Crippen LogP contribution in [0.1, 0.15) is 52.0 Å². The van der Waals surface area contributed by atoms with Crippen LogP contribution in [0.3, 0.4) is 0 Å². The van der Waals surface area contributed by atoms with Crippen molar-refractivity contribution in [2.45, 2.75) is 26.4 Å². The molecule has 0 bridgehead atoms. The van der Waals surface area contributed by atoms with E-state index in [0.717, 1.165) is 33.6 Å². The van der Waals surface area contributed by atoms with Gasteiger partial charge in [-0.15, -0.1) is 0 Å². The smallest absolute Gasteiger partial charge is 0.335 e. The van der Waals surface area contributed by atoms with Crippen LogP contribution in [-0.2, 0) is 0 Å². The highest BCUT2D eigenvalue weighted by molar-refractivity contribution is 5.87.